The van der Waals surface area contributed by atoms with Crippen molar-refractivity contribution < 1.29 is 9.59 Å². The van der Waals surface area contributed by atoms with Crippen LogP contribution in [0.3, 0.4) is 0 Å². The molecule has 0 radical (unpaired) electrons. The van der Waals surface area contributed by atoms with Gasteiger partial charge in [-0.15, -0.1) is 0 Å². The number of urea groups is 1. The van der Waals surface area contributed by atoms with Gasteiger partial charge in [-0.2, -0.15) is 5.10 Å². The molecule has 0 spiro atoms. The van der Waals surface area contributed by atoms with Crippen LogP contribution in [0, 0.1) is 19.8 Å². The molecule has 2 heterocycles. The molecule has 1 fully saturated rings. The highest BCUT2D eigenvalue weighted by Gasteiger charge is 2.27. The number of benzene rings is 1. The number of anilines is 1. The molecule has 7 nitrogen and oxygen atoms in total. The van der Waals surface area contributed by atoms with Gasteiger partial charge in [0.15, 0.2) is 0 Å². The lowest BCUT2D eigenvalue weighted by molar-refractivity contribution is -0.123. The van der Waals surface area contributed by atoms with Gasteiger partial charge in [0.05, 0.1) is 22.2 Å². The van der Waals surface area contributed by atoms with E-state index < -0.39 is 0 Å². The lowest BCUT2D eigenvalue weighted by Gasteiger charge is -2.31. The smallest absolute Gasteiger partial charge is 0.321 e. The Morgan fingerprint density at radius 2 is 2.12 bits per heavy atom. The molecule has 0 aliphatic carbocycles. The van der Waals surface area contributed by atoms with E-state index in [1.165, 1.54) is 0 Å². The molecule has 0 bridgehead atoms. The molecular weight excluding hydrogens is 350 g/mol. The molecule has 1 aliphatic heterocycles. The minimum absolute atomic E-state index is 0.204. The minimum atomic E-state index is -0.343. The Bertz CT molecular complexity index is 800. The predicted molar refractivity (Wildman–Crippen MR) is 101 cm³/mol. The van der Waals surface area contributed by atoms with Gasteiger partial charge >= 0.3 is 6.03 Å². The molecule has 4 N–H and O–H groups in total. The molecule has 3 amide bonds. The summed E-state index contributed by atoms with van der Waals surface area (Å²) in [5, 5.41) is 10.2. The minimum Gasteiger partial charge on any atom is -0.369 e. The van der Waals surface area contributed by atoms with E-state index in [9.17, 15) is 9.59 Å². The second-order valence-corrected chi connectivity index (χ2v) is 7.53. The van der Waals surface area contributed by atoms with Gasteiger partial charge in [0, 0.05) is 23.7 Å². The number of hydrogen-bond donors (Lipinski definition) is 3. The van der Waals surface area contributed by atoms with E-state index in [1.54, 1.807) is 16.7 Å². The fourth-order valence-corrected chi connectivity index (χ4v) is 4.04. The van der Waals surface area contributed by atoms with Crippen LogP contribution in [0.2, 0.25) is 0 Å². The number of para-hydroxylation sites is 1. The second kappa shape index (κ2) is 7.82. The molecular formula is C18H23N5O2S. The highest BCUT2D eigenvalue weighted by Crippen LogP contribution is 2.36. The van der Waals surface area contributed by atoms with Gasteiger partial charge in [-0.05, 0) is 38.8 Å². The third-order valence-corrected chi connectivity index (χ3v) is 5.89. The number of carbonyl (C=O) groups is 2. The van der Waals surface area contributed by atoms with Gasteiger partial charge in [-0.3, -0.25) is 9.89 Å². The number of nitrogens with zero attached hydrogens (tertiary/aromatic N) is 2. The van der Waals surface area contributed by atoms with Gasteiger partial charge < -0.3 is 16.0 Å². The fraction of sp³-hybridized carbons (Fsp3) is 0.389. The maximum atomic E-state index is 12.7. The number of aromatic nitrogens is 2. The van der Waals surface area contributed by atoms with E-state index in [0.29, 0.717) is 13.1 Å². The molecule has 138 valence electrons. The number of carbonyl (C=O) groups excluding carboxylic acids is 2. The van der Waals surface area contributed by atoms with Crippen LogP contribution in [0.4, 0.5) is 10.5 Å². The van der Waals surface area contributed by atoms with Crippen molar-refractivity contribution in [3.05, 3.63) is 35.7 Å². The number of hydrogen-bond acceptors (Lipinski definition) is 4. The number of primary amides is 1. The predicted octanol–water partition coefficient (Wildman–Crippen LogP) is 2.91. The molecule has 3 rings (SSSR count). The van der Waals surface area contributed by atoms with Crippen molar-refractivity contribution >= 4 is 29.4 Å². The third-order valence-electron chi connectivity index (χ3n) is 4.51. The van der Waals surface area contributed by atoms with E-state index in [0.717, 1.165) is 39.7 Å². The number of likely N-dealkylation sites (tertiary alicyclic amines) is 1. The topological polar surface area (TPSA) is 104 Å². The van der Waals surface area contributed by atoms with Crippen molar-refractivity contribution in [2.75, 3.05) is 18.4 Å². The largest absolute Gasteiger partial charge is 0.369 e. The Kier molecular flexibility index (Phi) is 5.51. The molecule has 1 unspecified atom stereocenters. The van der Waals surface area contributed by atoms with E-state index >= 15 is 0 Å². The van der Waals surface area contributed by atoms with Crippen molar-refractivity contribution in [2.24, 2.45) is 11.7 Å². The van der Waals surface area contributed by atoms with Gasteiger partial charge in [-0.1, -0.05) is 23.9 Å². The van der Waals surface area contributed by atoms with E-state index in [4.69, 9.17) is 5.73 Å². The number of aryl methyl sites for hydroxylation is 2. The lowest BCUT2D eigenvalue weighted by atomic mass is 9.98. The quantitative estimate of drug-likeness (QED) is 0.766. The van der Waals surface area contributed by atoms with Crippen LogP contribution >= 0.6 is 11.8 Å². The van der Waals surface area contributed by atoms with Gasteiger partial charge in [0.2, 0.25) is 5.91 Å². The molecule has 0 saturated carbocycles. The van der Waals surface area contributed by atoms with Crippen molar-refractivity contribution in [3.63, 3.8) is 0 Å². The summed E-state index contributed by atoms with van der Waals surface area (Å²) in [6, 6.07) is 7.46. The zero-order valence-corrected chi connectivity index (χ0v) is 15.7. The Balaban J connectivity index is 1.74. The van der Waals surface area contributed by atoms with Crippen molar-refractivity contribution in [2.45, 2.75) is 36.5 Å². The number of H-pyrrole nitrogens is 1. The summed E-state index contributed by atoms with van der Waals surface area (Å²) in [5.74, 6) is -0.611. The van der Waals surface area contributed by atoms with Crippen LogP contribution in [0.25, 0.3) is 0 Å². The normalized spacial score (nSPS) is 17.2. The zero-order valence-electron chi connectivity index (χ0n) is 14.9. The summed E-state index contributed by atoms with van der Waals surface area (Å²) in [5.41, 5.74) is 8.06. The Morgan fingerprint density at radius 1 is 1.35 bits per heavy atom. The average molecular weight is 373 g/mol. The van der Waals surface area contributed by atoms with Crippen LogP contribution < -0.4 is 11.1 Å². The molecule has 2 aromatic rings. The Hall–Kier alpha value is -2.48. The number of amides is 3. The Morgan fingerprint density at radius 3 is 2.81 bits per heavy atom. The van der Waals surface area contributed by atoms with Crippen LogP contribution in [0.1, 0.15) is 24.2 Å². The monoisotopic (exact) mass is 373 g/mol. The summed E-state index contributed by atoms with van der Waals surface area (Å²) >= 11 is 1.57. The van der Waals surface area contributed by atoms with Crippen LogP contribution in [0.15, 0.2) is 34.1 Å². The molecule has 1 aromatic heterocycles. The maximum absolute atomic E-state index is 12.7. The first-order valence-corrected chi connectivity index (χ1v) is 9.41. The van der Waals surface area contributed by atoms with Crippen molar-refractivity contribution in [1.29, 1.82) is 0 Å². The van der Waals surface area contributed by atoms with Crippen LogP contribution in [-0.4, -0.2) is 40.1 Å². The standard InChI is InChI=1S/C18H23N5O2S/c1-11-16(12(2)22-21-11)26-15-8-4-3-7-14(15)20-18(25)23-9-5-6-13(10-23)17(19)24/h3-4,7-8,13H,5-6,9-10H2,1-2H3,(H2,19,24)(H,20,25)(H,21,22). The number of nitrogens with one attached hydrogen (secondary N) is 2. The zero-order chi connectivity index (χ0) is 18.7. The van der Waals surface area contributed by atoms with Crippen LogP contribution in [0.5, 0.6) is 0 Å². The number of nitrogens with two attached hydrogens (primary N) is 1. The molecule has 8 heteroatoms. The van der Waals surface area contributed by atoms with Gasteiger partial charge in [0.1, 0.15) is 0 Å². The van der Waals surface area contributed by atoms with E-state index in [-0.39, 0.29) is 17.9 Å². The summed E-state index contributed by atoms with van der Waals surface area (Å²) < 4.78 is 0. The number of rotatable bonds is 4. The second-order valence-electron chi connectivity index (χ2n) is 6.48. The van der Waals surface area contributed by atoms with E-state index in [2.05, 4.69) is 15.5 Å². The third kappa shape index (κ3) is 4.01. The summed E-state index contributed by atoms with van der Waals surface area (Å²) in [4.78, 5) is 27.7. The van der Waals surface area contributed by atoms with Gasteiger partial charge in [-0.25, -0.2) is 4.79 Å². The highest BCUT2D eigenvalue weighted by molar-refractivity contribution is 7.99. The number of piperidine rings is 1. The summed E-state index contributed by atoms with van der Waals surface area (Å²) in [6.45, 7) is 4.92. The number of aromatic amines is 1. The SMILES string of the molecule is Cc1n[nH]c(C)c1Sc1ccccc1NC(=O)N1CCCC(C(N)=O)C1. The first-order valence-electron chi connectivity index (χ1n) is 8.59. The first-order chi connectivity index (χ1) is 12.5. The molecule has 1 saturated heterocycles. The lowest BCUT2D eigenvalue weighted by Crippen LogP contribution is -2.45. The summed E-state index contributed by atoms with van der Waals surface area (Å²) in [7, 11) is 0. The van der Waals surface area contributed by atoms with Crippen molar-refractivity contribution in [3.8, 4) is 0 Å². The maximum Gasteiger partial charge on any atom is 0.321 e. The molecule has 1 aliphatic rings. The molecule has 1 atom stereocenters. The fourth-order valence-electron chi connectivity index (χ4n) is 3.05. The highest BCUT2D eigenvalue weighted by atomic mass is 32.2. The summed E-state index contributed by atoms with van der Waals surface area (Å²) in [6.07, 6.45) is 1.52. The van der Waals surface area contributed by atoms with E-state index in [1.807, 2.05) is 38.1 Å². The first kappa shape index (κ1) is 18.3. The molecule has 26 heavy (non-hydrogen) atoms. The van der Waals surface area contributed by atoms with Crippen molar-refractivity contribution in [1.82, 2.24) is 15.1 Å². The molecule has 1 aromatic carbocycles. The Labute approximate surface area is 156 Å². The average Bonchev–Trinajstić information content (AvgIpc) is 2.95. The van der Waals surface area contributed by atoms with Gasteiger partial charge in [0.25, 0.3) is 0 Å². The van der Waals surface area contributed by atoms with Crippen LogP contribution in [-0.2, 0) is 4.79 Å².